The maximum Gasteiger partial charge on any atom is 0.414 e. The molecule has 0 unspecified atom stereocenters. The minimum atomic E-state index is -3.89. The molecular weight excluding hydrogens is 313 g/mol. The number of anilines is 1. The van der Waals surface area contributed by atoms with Gasteiger partial charge in [0.25, 0.3) is 0 Å². The number of nitrogens with zero attached hydrogens (tertiary/aromatic N) is 1. The zero-order chi connectivity index (χ0) is 16.4. The van der Waals surface area contributed by atoms with Crippen LogP contribution in [0.3, 0.4) is 0 Å². The van der Waals surface area contributed by atoms with Crippen LogP contribution in [0.1, 0.15) is 13.8 Å². The van der Waals surface area contributed by atoms with Gasteiger partial charge in [-0.05, 0) is 24.3 Å². The van der Waals surface area contributed by atoms with Gasteiger partial charge in [-0.15, -0.1) is 0 Å². The Labute approximate surface area is 128 Å². The second-order valence-corrected chi connectivity index (χ2v) is 7.41. The number of alkyl halides is 1. The van der Waals surface area contributed by atoms with Gasteiger partial charge in [0.05, 0.1) is 19.0 Å². The maximum absolute atomic E-state index is 12.7. The van der Waals surface area contributed by atoms with Crippen LogP contribution in [0.2, 0.25) is 0 Å². The molecule has 2 rings (SSSR count). The zero-order valence-electron chi connectivity index (χ0n) is 12.4. The topological polar surface area (TPSA) is 72.9 Å². The number of rotatable bonds is 6. The Morgan fingerprint density at radius 3 is 2.45 bits per heavy atom. The normalized spacial score (nSPS) is 15.8. The number of hydrogen-bond acceptors (Lipinski definition) is 5. The zero-order valence-corrected chi connectivity index (χ0v) is 13.2. The monoisotopic (exact) mass is 331 g/mol. The van der Waals surface area contributed by atoms with E-state index in [1.807, 2.05) is 0 Å². The average molecular weight is 331 g/mol. The minimum absolute atomic E-state index is 0.117. The Kier molecular flexibility index (Phi) is 4.60. The van der Waals surface area contributed by atoms with Gasteiger partial charge in [0, 0.05) is 11.1 Å². The first-order valence-corrected chi connectivity index (χ1v) is 8.33. The van der Waals surface area contributed by atoms with Gasteiger partial charge in [0.1, 0.15) is 12.4 Å². The Morgan fingerprint density at radius 2 is 1.95 bits per heavy atom. The van der Waals surface area contributed by atoms with Crippen molar-refractivity contribution in [3.63, 3.8) is 0 Å². The summed E-state index contributed by atoms with van der Waals surface area (Å²) in [7, 11) is -3.89. The molecule has 0 saturated carbocycles. The van der Waals surface area contributed by atoms with Crippen molar-refractivity contribution in [2.75, 3.05) is 30.5 Å². The summed E-state index contributed by atoms with van der Waals surface area (Å²) in [4.78, 5) is 12.9. The quantitative estimate of drug-likeness (QED) is 0.748. The van der Waals surface area contributed by atoms with Crippen molar-refractivity contribution in [1.82, 2.24) is 0 Å². The van der Waals surface area contributed by atoms with Crippen LogP contribution in [0.5, 0.6) is 5.75 Å². The molecule has 1 heterocycles. The van der Waals surface area contributed by atoms with Gasteiger partial charge in [-0.1, -0.05) is 13.8 Å². The van der Waals surface area contributed by atoms with Crippen molar-refractivity contribution >= 4 is 21.9 Å². The van der Waals surface area contributed by atoms with Gasteiger partial charge in [0.2, 0.25) is 0 Å². The third-order valence-electron chi connectivity index (χ3n) is 3.06. The van der Waals surface area contributed by atoms with E-state index in [1.165, 1.54) is 30.9 Å². The molecule has 1 aromatic rings. The molecule has 22 heavy (non-hydrogen) atoms. The second kappa shape index (κ2) is 6.12. The van der Waals surface area contributed by atoms with E-state index in [4.69, 9.17) is 8.92 Å². The first kappa shape index (κ1) is 16.5. The van der Waals surface area contributed by atoms with E-state index in [9.17, 15) is 17.6 Å². The molecule has 1 aliphatic heterocycles. The fourth-order valence-corrected chi connectivity index (χ4v) is 3.50. The highest BCUT2D eigenvalue weighted by Gasteiger charge is 2.28. The summed E-state index contributed by atoms with van der Waals surface area (Å²) in [6, 6.07) is 6.03. The largest absolute Gasteiger partial charge is 0.447 e. The molecule has 1 aromatic carbocycles. The van der Waals surface area contributed by atoms with Crippen molar-refractivity contribution in [2.45, 2.75) is 13.8 Å². The highest BCUT2D eigenvalue weighted by atomic mass is 32.2. The Morgan fingerprint density at radius 1 is 1.32 bits per heavy atom. The molecule has 1 aliphatic rings. The second-order valence-electron chi connectivity index (χ2n) is 5.84. The third kappa shape index (κ3) is 4.09. The molecular formula is C14H18FNO5S. The van der Waals surface area contributed by atoms with E-state index in [0.29, 0.717) is 18.8 Å². The lowest BCUT2D eigenvalue weighted by atomic mass is 9.99. The number of benzene rings is 1. The number of amides is 1. The molecule has 122 valence electrons. The van der Waals surface area contributed by atoms with E-state index in [2.05, 4.69) is 0 Å². The van der Waals surface area contributed by atoms with E-state index < -0.39 is 34.1 Å². The van der Waals surface area contributed by atoms with Crippen LogP contribution in [0.15, 0.2) is 24.3 Å². The number of ether oxygens (including phenoxy) is 1. The number of carbonyl (C=O) groups excluding carboxylic acids is 1. The van der Waals surface area contributed by atoms with Crippen LogP contribution < -0.4 is 9.08 Å². The summed E-state index contributed by atoms with van der Waals surface area (Å²) in [5, 5.41) is 0. The van der Waals surface area contributed by atoms with Gasteiger partial charge in [0.15, 0.2) is 0 Å². The van der Waals surface area contributed by atoms with Gasteiger partial charge in [-0.3, -0.25) is 9.29 Å². The fraction of sp³-hybridized carbons (Fsp3) is 0.500. The minimum Gasteiger partial charge on any atom is -0.447 e. The Hall–Kier alpha value is -1.83. The van der Waals surface area contributed by atoms with Crippen molar-refractivity contribution < 1.29 is 26.5 Å². The molecule has 0 spiro atoms. The lowest BCUT2D eigenvalue weighted by Crippen LogP contribution is -2.28. The van der Waals surface area contributed by atoms with Crippen LogP contribution in [-0.4, -0.2) is 40.1 Å². The van der Waals surface area contributed by atoms with Crippen LogP contribution in [0.25, 0.3) is 0 Å². The van der Waals surface area contributed by atoms with Crippen molar-refractivity contribution in [2.24, 2.45) is 5.41 Å². The summed E-state index contributed by atoms with van der Waals surface area (Å²) < 4.78 is 46.3. The summed E-state index contributed by atoms with van der Waals surface area (Å²) in [6.07, 6.45) is -0.439. The standard InChI is InChI=1S/C14H18FNO5S/c1-14(2,9-15)10-22(18,19)21-12-5-3-11(4-6-12)16-7-8-20-13(16)17/h3-6H,7-10H2,1-2H3. The summed E-state index contributed by atoms with van der Waals surface area (Å²) in [6.45, 7) is 3.03. The molecule has 0 radical (unpaired) electrons. The SMILES string of the molecule is CC(C)(CF)CS(=O)(=O)Oc1ccc(N2CCOC2=O)cc1. The molecule has 0 N–H and O–H groups in total. The van der Waals surface area contributed by atoms with Crippen LogP contribution in [0.4, 0.5) is 14.9 Å². The number of halogens is 1. The molecule has 0 bridgehead atoms. The van der Waals surface area contributed by atoms with Crippen molar-refractivity contribution in [1.29, 1.82) is 0 Å². The predicted molar refractivity (Wildman–Crippen MR) is 79.3 cm³/mol. The van der Waals surface area contributed by atoms with Crippen molar-refractivity contribution in [3.8, 4) is 5.75 Å². The van der Waals surface area contributed by atoms with E-state index in [1.54, 1.807) is 12.1 Å². The number of cyclic esters (lactones) is 1. The molecule has 1 fully saturated rings. The maximum atomic E-state index is 12.7. The van der Waals surface area contributed by atoms with E-state index in [0.717, 1.165) is 0 Å². The summed E-state index contributed by atoms with van der Waals surface area (Å²) in [5.74, 6) is -0.303. The van der Waals surface area contributed by atoms with E-state index in [-0.39, 0.29) is 5.75 Å². The highest BCUT2D eigenvalue weighted by Crippen LogP contribution is 2.25. The lowest BCUT2D eigenvalue weighted by Gasteiger charge is -2.20. The molecule has 6 nitrogen and oxygen atoms in total. The Bertz CT molecular complexity index is 642. The van der Waals surface area contributed by atoms with Crippen molar-refractivity contribution in [3.05, 3.63) is 24.3 Å². The first-order valence-electron chi connectivity index (χ1n) is 6.75. The highest BCUT2D eigenvalue weighted by molar-refractivity contribution is 7.87. The van der Waals surface area contributed by atoms with Crippen LogP contribution in [0, 0.1) is 5.41 Å². The third-order valence-corrected chi connectivity index (χ3v) is 4.64. The molecule has 0 aromatic heterocycles. The summed E-state index contributed by atoms with van der Waals surface area (Å²) >= 11 is 0. The van der Waals surface area contributed by atoms with E-state index >= 15 is 0 Å². The Balaban J connectivity index is 2.06. The summed E-state index contributed by atoms with van der Waals surface area (Å²) in [5.41, 5.74) is -0.408. The van der Waals surface area contributed by atoms with Gasteiger partial charge < -0.3 is 8.92 Å². The van der Waals surface area contributed by atoms with Crippen LogP contribution >= 0.6 is 0 Å². The number of carbonyl (C=O) groups is 1. The number of hydrogen-bond donors (Lipinski definition) is 0. The predicted octanol–water partition coefficient (Wildman–Crippen LogP) is 2.35. The molecule has 1 amide bonds. The molecule has 1 saturated heterocycles. The lowest BCUT2D eigenvalue weighted by molar-refractivity contribution is 0.181. The van der Waals surface area contributed by atoms with Gasteiger partial charge >= 0.3 is 16.2 Å². The van der Waals surface area contributed by atoms with Gasteiger partial charge in [-0.25, -0.2) is 4.79 Å². The molecule has 0 aliphatic carbocycles. The van der Waals surface area contributed by atoms with Gasteiger partial charge in [-0.2, -0.15) is 8.42 Å². The molecule has 8 heteroatoms. The van der Waals surface area contributed by atoms with Crippen LogP contribution in [-0.2, 0) is 14.9 Å². The smallest absolute Gasteiger partial charge is 0.414 e. The fourth-order valence-electron chi connectivity index (χ4n) is 2.00. The average Bonchev–Trinajstić information content (AvgIpc) is 2.84. The molecule has 0 atom stereocenters. The first-order chi connectivity index (χ1) is 10.2.